The Labute approximate surface area is 316 Å². The van der Waals surface area contributed by atoms with E-state index in [0.29, 0.717) is 23.9 Å². The summed E-state index contributed by atoms with van der Waals surface area (Å²) in [5, 5.41) is 13.9. The number of likely N-dealkylation sites (N-methyl/N-ethyl adjacent to an activating group) is 1. The summed E-state index contributed by atoms with van der Waals surface area (Å²) in [5.74, 6) is -0.181. The van der Waals surface area contributed by atoms with Gasteiger partial charge >= 0.3 is 0 Å². The summed E-state index contributed by atoms with van der Waals surface area (Å²) < 4.78 is 23.2. The van der Waals surface area contributed by atoms with Crippen LogP contribution in [0.15, 0.2) is 12.2 Å². The number of carbonyl (C=O) groups is 1. The number of hydrogen-bond donors (Lipinski definition) is 2. The quantitative estimate of drug-likeness (QED) is 0.0281. The summed E-state index contributed by atoms with van der Waals surface area (Å²) in [6.07, 6.45) is 37.8. The van der Waals surface area contributed by atoms with Crippen LogP contribution in [0.4, 0.5) is 0 Å². The second kappa shape index (κ2) is 35.0. The predicted molar refractivity (Wildman–Crippen MR) is 215 cm³/mol. The van der Waals surface area contributed by atoms with Crippen molar-refractivity contribution in [1.29, 1.82) is 0 Å². The van der Waals surface area contributed by atoms with Gasteiger partial charge in [-0.25, -0.2) is 0 Å². The zero-order valence-electron chi connectivity index (χ0n) is 34.3. The normalized spacial score (nSPS) is 14.6. The summed E-state index contributed by atoms with van der Waals surface area (Å²) in [7, 11) is 1.30. The highest BCUT2D eigenvalue weighted by Gasteiger charge is 2.24. The zero-order chi connectivity index (χ0) is 37.9. The van der Waals surface area contributed by atoms with Gasteiger partial charge in [-0.15, -0.1) is 0 Å². The number of carbonyl (C=O) groups excluding carboxylic acids is 1. The molecule has 0 fully saturated rings. The molecule has 1 amide bonds. The van der Waals surface area contributed by atoms with Crippen molar-refractivity contribution in [3.05, 3.63) is 12.2 Å². The Balaban J connectivity index is 4.40. The molecule has 0 saturated carbocycles. The van der Waals surface area contributed by atoms with Crippen molar-refractivity contribution in [1.82, 2.24) is 5.32 Å². The summed E-state index contributed by atoms with van der Waals surface area (Å²) in [4.78, 5) is 25.2. The highest BCUT2D eigenvalue weighted by molar-refractivity contribution is 7.45. The third-order valence-corrected chi connectivity index (χ3v) is 10.7. The number of nitrogens with zero attached hydrogens (tertiary/aromatic N) is 1. The number of amides is 1. The fourth-order valence-electron chi connectivity index (χ4n) is 6.27. The van der Waals surface area contributed by atoms with Gasteiger partial charge in [0.1, 0.15) is 13.2 Å². The van der Waals surface area contributed by atoms with Gasteiger partial charge in [-0.2, -0.15) is 0 Å². The molecule has 0 rings (SSSR count). The minimum absolute atomic E-state index is 0.0112. The third-order valence-electron chi connectivity index (χ3n) is 9.75. The number of unbranched alkanes of at least 4 members (excludes halogenated alkanes) is 24. The van der Waals surface area contributed by atoms with Crippen LogP contribution in [0.25, 0.3) is 0 Å². The summed E-state index contributed by atoms with van der Waals surface area (Å²) in [6, 6.07) is -0.803. The van der Waals surface area contributed by atoms with Crippen LogP contribution in [0.1, 0.15) is 200 Å². The standard InChI is InChI=1S/C42H85N2O6P/c1-6-8-10-12-14-16-18-20-21-22-24-25-27-29-31-33-35-41(45)40(39-50-51(47,48)49-38-37-44(3,4)5)43-42(46)36-34-32-30-28-26-23-19-17-15-13-11-9-7-2/h23,26,40-41,45H,6-22,24-25,27-39H2,1-5H3,(H-,43,46,47,48)/b26-23-. The first kappa shape index (κ1) is 50.2. The van der Waals surface area contributed by atoms with Gasteiger partial charge in [-0.3, -0.25) is 9.36 Å². The van der Waals surface area contributed by atoms with Crippen molar-refractivity contribution in [2.24, 2.45) is 0 Å². The molecule has 3 unspecified atom stereocenters. The van der Waals surface area contributed by atoms with E-state index in [1.807, 2.05) is 21.1 Å². The molecule has 0 spiro atoms. The second-order valence-electron chi connectivity index (χ2n) is 16.1. The molecule has 304 valence electrons. The van der Waals surface area contributed by atoms with E-state index >= 15 is 0 Å². The number of allylic oxidation sites excluding steroid dienone is 2. The number of quaternary nitrogens is 1. The van der Waals surface area contributed by atoms with E-state index in [4.69, 9.17) is 9.05 Å². The van der Waals surface area contributed by atoms with E-state index in [0.717, 1.165) is 51.4 Å². The van der Waals surface area contributed by atoms with Crippen LogP contribution >= 0.6 is 7.82 Å². The maximum atomic E-state index is 12.8. The molecule has 0 bridgehead atoms. The van der Waals surface area contributed by atoms with Gasteiger partial charge in [0.15, 0.2) is 0 Å². The number of phosphoric acid groups is 1. The zero-order valence-corrected chi connectivity index (χ0v) is 35.2. The molecule has 0 heterocycles. The minimum Gasteiger partial charge on any atom is -0.756 e. The van der Waals surface area contributed by atoms with Crippen molar-refractivity contribution in [3.8, 4) is 0 Å². The lowest BCUT2D eigenvalue weighted by Gasteiger charge is -2.30. The molecule has 0 aromatic rings. The molecule has 0 aliphatic rings. The maximum Gasteiger partial charge on any atom is 0.268 e. The number of aliphatic hydroxyl groups excluding tert-OH is 1. The molecule has 0 aliphatic heterocycles. The number of rotatable bonds is 39. The number of hydrogen-bond acceptors (Lipinski definition) is 6. The minimum atomic E-state index is -4.56. The predicted octanol–water partition coefficient (Wildman–Crippen LogP) is 10.9. The van der Waals surface area contributed by atoms with Crippen molar-refractivity contribution < 1.29 is 32.9 Å². The van der Waals surface area contributed by atoms with Crippen LogP contribution < -0.4 is 10.2 Å². The van der Waals surface area contributed by atoms with E-state index < -0.39 is 20.0 Å². The Morgan fingerprint density at radius 3 is 1.53 bits per heavy atom. The van der Waals surface area contributed by atoms with Crippen LogP contribution in [0.3, 0.4) is 0 Å². The number of aliphatic hydroxyl groups is 1. The highest BCUT2D eigenvalue weighted by atomic mass is 31.2. The highest BCUT2D eigenvalue weighted by Crippen LogP contribution is 2.38. The lowest BCUT2D eigenvalue weighted by atomic mass is 10.0. The fourth-order valence-corrected chi connectivity index (χ4v) is 6.99. The SMILES string of the molecule is CCCCCCCC/C=C\CCCCCC(=O)NC(COP(=O)([O-])OCC[N+](C)(C)C)C(O)CCCCCCCCCCCCCCCCCC. The van der Waals surface area contributed by atoms with Gasteiger partial charge < -0.3 is 28.8 Å². The Kier molecular flexibility index (Phi) is 34.5. The van der Waals surface area contributed by atoms with E-state index in [9.17, 15) is 19.4 Å². The van der Waals surface area contributed by atoms with Crippen LogP contribution in [0.2, 0.25) is 0 Å². The van der Waals surface area contributed by atoms with Crippen LogP contribution in [-0.4, -0.2) is 68.5 Å². The molecular weight excluding hydrogens is 659 g/mol. The van der Waals surface area contributed by atoms with Crippen molar-refractivity contribution in [2.75, 3.05) is 40.9 Å². The first-order valence-electron chi connectivity index (χ1n) is 21.5. The Hall–Kier alpha value is -0.760. The smallest absolute Gasteiger partial charge is 0.268 e. The maximum absolute atomic E-state index is 12.8. The van der Waals surface area contributed by atoms with E-state index in [1.54, 1.807) is 0 Å². The average Bonchev–Trinajstić information content (AvgIpc) is 3.07. The van der Waals surface area contributed by atoms with Gasteiger partial charge in [0, 0.05) is 6.42 Å². The molecule has 0 aromatic carbocycles. The average molecular weight is 745 g/mol. The molecule has 0 saturated heterocycles. The summed E-state index contributed by atoms with van der Waals surface area (Å²) in [5.41, 5.74) is 0. The molecule has 0 aromatic heterocycles. The lowest BCUT2D eigenvalue weighted by Crippen LogP contribution is -2.46. The largest absolute Gasteiger partial charge is 0.756 e. The topological polar surface area (TPSA) is 108 Å². The first-order valence-corrected chi connectivity index (χ1v) is 23.0. The summed E-state index contributed by atoms with van der Waals surface area (Å²) in [6.45, 7) is 4.70. The lowest BCUT2D eigenvalue weighted by molar-refractivity contribution is -0.870. The van der Waals surface area contributed by atoms with Crippen molar-refractivity contribution in [2.45, 2.75) is 212 Å². The van der Waals surface area contributed by atoms with E-state index in [1.165, 1.54) is 122 Å². The molecule has 8 nitrogen and oxygen atoms in total. The second-order valence-corrected chi connectivity index (χ2v) is 17.5. The third kappa shape index (κ3) is 37.4. The Morgan fingerprint density at radius 1 is 0.667 bits per heavy atom. The number of phosphoric ester groups is 1. The van der Waals surface area contributed by atoms with Crippen molar-refractivity contribution >= 4 is 13.7 Å². The first-order chi connectivity index (χ1) is 24.5. The van der Waals surface area contributed by atoms with Gasteiger partial charge in [0.25, 0.3) is 7.82 Å². The van der Waals surface area contributed by atoms with E-state index in [-0.39, 0.29) is 19.1 Å². The molecule has 51 heavy (non-hydrogen) atoms. The summed E-state index contributed by atoms with van der Waals surface area (Å²) >= 11 is 0. The molecule has 2 N–H and O–H groups in total. The Morgan fingerprint density at radius 2 is 1.08 bits per heavy atom. The van der Waals surface area contributed by atoms with Crippen LogP contribution in [0.5, 0.6) is 0 Å². The molecular formula is C42H85N2O6P. The van der Waals surface area contributed by atoms with E-state index in [2.05, 4.69) is 31.3 Å². The van der Waals surface area contributed by atoms with Gasteiger partial charge in [-0.1, -0.05) is 167 Å². The monoisotopic (exact) mass is 745 g/mol. The molecule has 0 radical (unpaired) electrons. The molecule has 3 atom stereocenters. The van der Waals surface area contributed by atoms with Crippen LogP contribution in [0, 0.1) is 0 Å². The van der Waals surface area contributed by atoms with Gasteiger partial charge in [0.2, 0.25) is 5.91 Å². The fraction of sp³-hybridized carbons (Fsp3) is 0.929. The van der Waals surface area contributed by atoms with Gasteiger partial charge in [0.05, 0.1) is 39.9 Å². The Bertz CT molecular complexity index is 850. The molecule has 9 heteroatoms. The number of nitrogens with one attached hydrogen (secondary N) is 1. The molecule has 0 aliphatic carbocycles. The van der Waals surface area contributed by atoms with Crippen molar-refractivity contribution in [3.63, 3.8) is 0 Å². The van der Waals surface area contributed by atoms with Gasteiger partial charge in [-0.05, 0) is 38.5 Å². The van der Waals surface area contributed by atoms with Crippen LogP contribution in [-0.2, 0) is 18.4 Å².